The lowest BCUT2D eigenvalue weighted by molar-refractivity contribution is 0.0697. The van der Waals surface area contributed by atoms with Crippen molar-refractivity contribution < 1.29 is 14.7 Å². The Labute approximate surface area is 134 Å². The minimum absolute atomic E-state index is 0.151. The Morgan fingerprint density at radius 2 is 1.71 bits per heavy atom. The number of hydrogen-bond donors (Lipinski definition) is 3. The normalized spacial score (nSPS) is 10.0. The summed E-state index contributed by atoms with van der Waals surface area (Å²) in [6.07, 6.45) is 0. The van der Waals surface area contributed by atoms with E-state index in [-0.39, 0.29) is 5.56 Å². The predicted molar refractivity (Wildman–Crippen MR) is 85.2 cm³/mol. The molecular weight excluding hydrogens is 360 g/mol. The second kappa shape index (κ2) is 6.60. The molecule has 0 atom stereocenters. The van der Waals surface area contributed by atoms with Gasteiger partial charge in [-0.3, -0.25) is 0 Å². The molecule has 0 aromatic heterocycles. The molecule has 0 unspecified atom stereocenters. The van der Waals surface area contributed by atoms with Crippen molar-refractivity contribution in [3.63, 3.8) is 0 Å². The largest absolute Gasteiger partial charge is 0.478 e. The third kappa shape index (κ3) is 4.21. The topological polar surface area (TPSA) is 78.4 Å². The summed E-state index contributed by atoms with van der Waals surface area (Å²) >= 11 is 9.16. The van der Waals surface area contributed by atoms with Crippen LogP contribution < -0.4 is 10.6 Å². The van der Waals surface area contributed by atoms with E-state index in [1.165, 1.54) is 24.3 Å². The van der Waals surface area contributed by atoms with Crippen molar-refractivity contribution in [3.8, 4) is 0 Å². The van der Waals surface area contributed by atoms with E-state index in [4.69, 9.17) is 16.7 Å². The first-order chi connectivity index (χ1) is 9.95. The molecule has 2 rings (SSSR count). The predicted octanol–water partition coefficient (Wildman–Crippen LogP) is 4.44. The number of carboxylic acid groups (broad SMARTS) is 1. The van der Waals surface area contributed by atoms with Gasteiger partial charge in [0, 0.05) is 15.2 Å². The molecule has 0 bridgehead atoms. The van der Waals surface area contributed by atoms with Crippen molar-refractivity contribution in [2.24, 2.45) is 0 Å². The molecule has 2 aromatic rings. The van der Waals surface area contributed by atoms with Crippen LogP contribution in [-0.2, 0) is 0 Å². The van der Waals surface area contributed by atoms with E-state index in [1.54, 1.807) is 18.2 Å². The van der Waals surface area contributed by atoms with E-state index in [9.17, 15) is 9.59 Å². The van der Waals surface area contributed by atoms with Gasteiger partial charge in [0.25, 0.3) is 0 Å². The van der Waals surface area contributed by atoms with Gasteiger partial charge in [0.1, 0.15) is 0 Å². The Bertz CT molecular complexity index is 689. The molecule has 0 saturated heterocycles. The summed E-state index contributed by atoms with van der Waals surface area (Å²) in [6.45, 7) is 0. The van der Waals surface area contributed by atoms with E-state index < -0.39 is 12.0 Å². The highest BCUT2D eigenvalue weighted by atomic mass is 79.9. The molecule has 21 heavy (non-hydrogen) atoms. The number of carbonyl (C=O) groups excluding carboxylic acids is 1. The van der Waals surface area contributed by atoms with Crippen molar-refractivity contribution in [1.29, 1.82) is 0 Å². The molecule has 5 nitrogen and oxygen atoms in total. The molecular formula is C14H10BrClN2O3. The quantitative estimate of drug-likeness (QED) is 0.748. The van der Waals surface area contributed by atoms with Crippen LogP contribution in [0.2, 0.25) is 5.02 Å². The molecule has 0 spiro atoms. The Morgan fingerprint density at radius 1 is 1.05 bits per heavy atom. The molecule has 0 heterocycles. The van der Waals surface area contributed by atoms with E-state index in [0.29, 0.717) is 20.9 Å². The summed E-state index contributed by atoms with van der Waals surface area (Å²) in [6, 6.07) is 10.4. The van der Waals surface area contributed by atoms with Gasteiger partial charge in [-0.05, 0) is 58.4 Å². The summed E-state index contributed by atoms with van der Waals surface area (Å²) in [5.41, 5.74) is 1.16. The minimum atomic E-state index is -1.02. The fourth-order valence-corrected chi connectivity index (χ4v) is 2.09. The van der Waals surface area contributed by atoms with Crippen molar-refractivity contribution in [2.75, 3.05) is 10.6 Å². The van der Waals surface area contributed by atoms with Gasteiger partial charge in [-0.25, -0.2) is 9.59 Å². The highest BCUT2D eigenvalue weighted by molar-refractivity contribution is 9.10. The van der Waals surface area contributed by atoms with Crippen molar-refractivity contribution in [1.82, 2.24) is 0 Å². The summed E-state index contributed by atoms with van der Waals surface area (Å²) < 4.78 is 0.697. The molecule has 0 radical (unpaired) electrons. The first-order valence-corrected chi connectivity index (χ1v) is 6.99. The Balaban J connectivity index is 2.04. The zero-order valence-electron chi connectivity index (χ0n) is 10.6. The third-order valence-electron chi connectivity index (χ3n) is 2.57. The van der Waals surface area contributed by atoms with Crippen LogP contribution in [0.5, 0.6) is 0 Å². The van der Waals surface area contributed by atoms with Gasteiger partial charge in [-0.1, -0.05) is 11.6 Å². The number of rotatable bonds is 3. The van der Waals surface area contributed by atoms with Gasteiger partial charge in [0.2, 0.25) is 0 Å². The molecule has 2 aromatic carbocycles. The number of halogens is 2. The van der Waals surface area contributed by atoms with Gasteiger partial charge in [0.15, 0.2) is 0 Å². The second-order valence-corrected chi connectivity index (χ2v) is 5.38. The summed E-state index contributed by atoms with van der Waals surface area (Å²) in [7, 11) is 0. The van der Waals surface area contributed by atoms with Gasteiger partial charge < -0.3 is 15.7 Å². The fourth-order valence-electron chi connectivity index (χ4n) is 1.57. The standard InChI is InChI=1S/C14H10BrClN2O3/c15-11-6-3-9(16)7-12(11)18-14(21)17-10-4-1-8(2-5-10)13(19)20/h1-7H,(H,19,20)(H2,17,18,21). The molecule has 2 amide bonds. The zero-order chi connectivity index (χ0) is 15.4. The van der Waals surface area contributed by atoms with Crippen LogP contribution in [0, 0.1) is 0 Å². The number of urea groups is 1. The molecule has 108 valence electrons. The van der Waals surface area contributed by atoms with Crippen molar-refractivity contribution in [3.05, 3.63) is 57.5 Å². The first-order valence-electron chi connectivity index (χ1n) is 5.82. The number of hydrogen-bond acceptors (Lipinski definition) is 2. The minimum Gasteiger partial charge on any atom is -0.478 e. The maximum absolute atomic E-state index is 11.9. The molecule has 0 aliphatic heterocycles. The number of aromatic carboxylic acids is 1. The lowest BCUT2D eigenvalue weighted by atomic mass is 10.2. The molecule has 0 aliphatic carbocycles. The molecule has 7 heteroatoms. The van der Waals surface area contributed by atoms with Gasteiger partial charge in [0.05, 0.1) is 11.3 Å². The molecule has 0 aliphatic rings. The van der Waals surface area contributed by atoms with Gasteiger partial charge in [-0.2, -0.15) is 0 Å². The maximum Gasteiger partial charge on any atom is 0.335 e. The number of nitrogens with one attached hydrogen (secondary N) is 2. The average molecular weight is 370 g/mol. The van der Waals surface area contributed by atoms with Gasteiger partial charge >= 0.3 is 12.0 Å². The number of carboxylic acids is 1. The number of amides is 2. The lowest BCUT2D eigenvalue weighted by Gasteiger charge is -2.09. The Morgan fingerprint density at radius 3 is 2.33 bits per heavy atom. The Hall–Kier alpha value is -2.05. The highest BCUT2D eigenvalue weighted by Crippen LogP contribution is 2.26. The van der Waals surface area contributed by atoms with Crippen molar-refractivity contribution in [2.45, 2.75) is 0 Å². The number of carbonyl (C=O) groups is 2. The van der Waals surface area contributed by atoms with E-state index in [2.05, 4.69) is 26.6 Å². The van der Waals surface area contributed by atoms with Crippen LogP contribution >= 0.6 is 27.5 Å². The van der Waals surface area contributed by atoms with E-state index >= 15 is 0 Å². The fraction of sp³-hybridized carbons (Fsp3) is 0. The van der Waals surface area contributed by atoms with Crippen LogP contribution in [0.4, 0.5) is 16.2 Å². The third-order valence-corrected chi connectivity index (χ3v) is 3.49. The van der Waals surface area contributed by atoms with E-state index in [1.807, 2.05) is 0 Å². The van der Waals surface area contributed by atoms with Gasteiger partial charge in [-0.15, -0.1) is 0 Å². The monoisotopic (exact) mass is 368 g/mol. The van der Waals surface area contributed by atoms with Crippen LogP contribution in [0.3, 0.4) is 0 Å². The van der Waals surface area contributed by atoms with Crippen LogP contribution in [-0.4, -0.2) is 17.1 Å². The van der Waals surface area contributed by atoms with Crippen LogP contribution in [0.15, 0.2) is 46.9 Å². The highest BCUT2D eigenvalue weighted by Gasteiger charge is 2.07. The smallest absolute Gasteiger partial charge is 0.335 e. The maximum atomic E-state index is 11.9. The SMILES string of the molecule is O=C(Nc1ccc(C(=O)O)cc1)Nc1cc(Cl)ccc1Br. The average Bonchev–Trinajstić information content (AvgIpc) is 2.43. The first kappa shape index (κ1) is 15.3. The van der Waals surface area contributed by atoms with Crippen LogP contribution in [0.1, 0.15) is 10.4 Å². The summed E-state index contributed by atoms with van der Waals surface area (Å²) in [5.74, 6) is -1.02. The zero-order valence-corrected chi connectivity index (χ0v) is 12.9. The van der Waals surface area contributed by atoms with Crippen LogP contribution in [0.25, 0.3) is 0 Å². The summed E-state index contributed by atoms with van der Waals surface area (Å²) in [4.78, 5) is 22.6. The number of benzene rings is 2. The van der Waals surface area contributed by atoms with Crippen molar-refractivity contribution >= 4 is 50.9 Å². The summed E-state index contributed by atoms with van der Waals surface area (Å²) in [5, 5.41) is 14.5. The Kier molecular flexibility index (Phi) is 4.82. The molecule has 0 fully saturated rings. The lowest BCUT2D eigenvalue weighted by Crippen LogP contribution is -2.19. The number of anilines is 2. The van der Waals surface area contributed by atoms with E-state index in [0.717, 1.165) is 0 Å². The molecule has 0 saturated carbocycles. The molecule has 3 N–H and O–H groups in total. The second-order valence-electron chi connectivity index (χ2n) is 4.09.